The van der Waals surface area contributed by atoms with Crippen molar-refractivity contribution in [3.8, 4) is 0 Å². The van der Waals surface area contributed by atoms with E-state index < -0.39 is 10.0 Å². The maximum atomic E-state index is 12.0. The van der Waals surface area contributed by atoms with E-state index >= 15 is 0 Å². The van der Waals surface area contributed by atoms with Gasteiger partial charge in [-0.15, -0.1) is 11.3 Å². The number of sulfonamides is 1. The van der Waals surface area contributed by atoms with E-state index in [0.717, 1.165) is 10.4 Å². The summed E-state index contributed by atoms with van der Waals surface area (Å²) in [5.74, 6) is 0. The second-order valence-electron chi connectivity index (χ2n) is 3.87. The molecule has 2 N–H and O–H groups in total. The van der Waals surface area contributed by atoms with Gasteiger partial charge in [-0.25, -0.2) is 13.1 Å². The van der Waals surface area contributed by atoms with Crippen molar-refractivity contribution in [2.75, 3.05) is 6.61 Å². The van der Waals surface area contributed by atoms with Gasteiger partial charge >= 0.3 is 0 Å². The summed E-state index contributed by atoms with van der Waals surface area (Å²) in [4.78, 5) is 4.73. The SMILES string of the molecule is O=S(=O)(NCc1ccncc1)c1ccc(CCO)s1. The second kappa shape index (κ2) is 6.25. The molecule has 0 unspecified atom stereocenters. The highest BCUT2D eigenvalue weighted by Crippen LogP contribution is 2.21. The molecule has 0 aliphatic carbocycles. The number of nitrogens with one attached hydrogen (secondary N) is 1. The van der Waals surface area contributed by atoms with E-state index in [1.165, 1.54) is 11.3 Å². The predicted octanol–water partition coefficient (Wildman–Crippen LogP) is 1.16. The summed E-state index contributed by atoms with van der Waals surface area (Å²) < 4.78 is 26.9. The van der Waals surface area contributed by atoms with Crippen LogP contribution in [-0.4, -0.2) is 25.1 Å². The molecule has 2 rings (SSSR count). The Morgan fingerprint density at radius 3 is 2.63 bits per heavy atom. The van der Waals surface area contributed by atoms with Crippen molar-refractivity contribution >= 4 is 21.4 Å². The van der Waals surface area contributed by atoms with Crippen LogP contribution in [-0.2, 0) is 23.0 Å². The molecular formula is C12H14N2O3S2. The Balaban J connectivity index is 2.05. The number of pyridine rings is 1. The molecule has 0 atom stereocenters. The predicted molar refractivity (Wildman–Crippen MR) is 73.4 cm³/mol. The molecule has 0 aliphatic heterocycles. The van der Waals surface area contributed by atoms with Gasteiger partial charge in [-0.3, -0.25) is 4.98 Å². The first-order chi connectivity index (χ1) is 9.12. The van der Waals surface area contributed by atoms with Gasteiger partial charge in [0.25, 0.3) is 0 Å². The summed E-state index contributed by atoms with van der Waals surface area (Å²) in [7, 11) is -3.49. The third-order valence-electron chi connectivity index (χ3n) is 2.48. The second-order valence-corrected chi connectivity index (χ2v) is 7.04. The first kappa shape index (κ1) is 14.1. The normalized spacial score (nSPS) is 11.6. The van der Waals surface area contributed by atoms with Crippen LogP contribution in [0.4, 0.5) is 0 Å². The Kier molecular flexibility index (Phi) is 4.65. The lowest BCUT2D eigenvalue weighted by Gasteiger charge is -2.04. The molecule has 0 spiro atoms. The molecular weight excluding hydrogens is 284 g/mol. The Morgan fingerprint density at radius 1 is 1.21 bits per heavy atom. The topological polar surface area (TPSA) is 79.3 Å². The van der Waals surface area contributed by atoms with Gasteiger partial charge in [0.2, 0.25) is 10.0 Å². The molecule has 19 heavy (non-hydrogen) atoms. The summed E-state index contributed by atoms with van der Waals surface area (Å²) >= 11 is 1.18. The summed E-state index contributed by atoms with van der Waals surface area (Å²) in [5.41, 5.74) is 0.853. The Hall–Kier alpha value is -1.28. The monoisotopic (exact) mass is 298 g/mol. The van der Waals surface area contributed by atoms with Crippen LogP contribution in [0.2, 0.25) is 0 Å². The third-order valence-corrected chi connectivity index (χ3v) is 5.51. The number of aliphatic hydroxyl groups excluding tert-OH is 1. The minimum absolute atomic E-state index is 0.0183. The van der Waals surface area contributed by atoms with Crippen molar-refractivity contribution in [2.45, 2.75) is 17.2 Å². The number of nitrogens with zero attached hydrogens (tertiary/aromatic N) is 1. The molecule has 0 saturated heterocycles. The summed E-state index contributed by atoms with van der Waals surface area (Å²) in [6, 6.07) is 6.80. The maximum absolute atomic E-state index is 12.0. The Morgan fingerprint density at radius 2 is 1.95 bits per heavy atom. The van der Waals surface area contributed by atoms with Crippen LogP contribution in [0.25, 0.3) is 0 Å². The van der Waals surface area contributed by atoms with Gasteiger partial charge in [-0.2, -0.15) is 0 Å². The van der Waals surface area contributed by atoms with E-state index in [1.54, 1.807) is 36.7 Å². The van der Waals surface area contributed by atoms with Gasteiger partial charge in [0.1, 0.15) is 4.21 Å². The largest absolute Gasteiger partial charge is 0.396 e. The number of rotatable bonds is 6. The van der Waals surface area contributed by atoms with Crippen molar-refractivity contribution in [1.82, 2.24) is 9.71 Å². The number of thiophene rings is 1. The van der Waals surface area contributed by atoms with Gasteiger partial charge in [0.05, 0.1) is 0 Å². The van der Waals surface area contributed by atoms with Crippen LogP contribution in [0.3, 0.4) is 0 Å². The van der Waals surface area contributed by atoms with Crippen LogP contribution in [0, 0.1) is 0 Å². The smallest absolute Gasteiger partial charge is 0.250 e. The van der Waals surface area contributed by atoms with Crippen LogP contribution >= 0.6 is 11.3 Å². The van der Waals surface area contributed by atoms with Gasteiger partial charge in [-0.05, 0) is 29.8 Å². The van der Waals surface area contributed by atoms with Gasteiger partial charge < -0.3 is 5.11 Å². The molecule has 0 aromatic carbocycles. The summed E-state index contributed by atoms with van der Waals surface area (Å²) in [6.45, 7) is 0.253. The van der Waals surface area contributed by atoms with Crippen LogP contribution in [0.5, 0.6) is 0 Å². The van der Waals surface area contributed by atoms with E-state index in [1.807, 2.05) is 0 Å². The highest BCUT2D eigenvalue weighted by molar-refractivity contribution is 7.91. The maximum Gasteiger partial charge on any atom is 0.250 e. The van der Waals surface area contributed by atoms with Gasteiger partial charge in [0.15, 0.2) is 0 Å². The molecule has 5 nitrogen and oxygen atoms in total. The lowest BCUT2D eigenvalue weighted by atomic mass is 10.3. The Labute approximate surface area is 116 Å². The molecule has 2 aromatic heterocycles. The van der Waals surface area contributed by atoms with E-state index in [2.05, 4.69) is 9.71 Å². The average Bonchev–Trinajstić information content (AvgIpc) is 2.88. The molecule has 102 valence electrons. The molecule has 0 fully saturated rings. The van der Waals surface area contributed by atoms with E-state index in [4.69, 9.17) is 5.11 Å². The van der Waals surface area contributed by atoms with Gasteiger partial charge in [0, 0.05) is 36.8 Å². The standard InChI is InChI=1S/C12H14N2O3S2/c15-8-5-11-1-2-12(18-11)19(16,17)14-9-10-3-6-13-7-4-10/h1-4,6-7,14-15H,5,8-9H2. The zero-order valence-corrected chi connectivity index (χ0v) is 11.7. The van der Waals surface area contributed by atoms with Crippen molar-refractivity contribution in [3.63, 3.8) is 0 Å². The molecule has 2 aromatic rings. The molecule has 2 heterocycles. The van der Waals surface area contributed by atoms with E-state index in [0.29, 0.717) is 6.42 Å². The lowest BCUT2D eigenvalue weighted by molar-refractivity contribution is 0.300. The molecule has 0 bridgehead atoms. The molecule has 7 heteroatoms. The minimum Gasteiger partial charge on any atom is -0.396 e. The molecule has 0 aliphatic rings. The van der Waals surface area contributed by atoms with Crippen LogP contribution in [0.1, 0.15) is 10.4 Å². The van der Waals surface area contributed by atoms with E-state index in [-0.39, 0.29) is 17.4 Å². The lowest BCUT2D eigenvalue weighted by Crippen LogP contribution is -2.22. The van der Waals surface area contributed by atoms with Crippen molar-refractivity contribution < 1.29 is 13.5 Å². The molecule has 0 saturated carbocycles. The summed E-state index contributed by atoms with van der Waals surface area (Å²) in [5, 5.41) is 8.82. The molecule has 0 radical (unpaired) electrons. The van der Waals surface area contributed by atoms with Crippen LogP contribution < -0.4 is 4.72 Å². The first-order valence-electron chi connectivity index (χ1n) is 5.70. The summed E-state index contributed by atoms with van der Waals surface area (Å²) in [6.07, 6.45) is 3.72. The fourth-order valence-corrected chi connectivity index (χ4v) is 3.90. The number of hydrogen-bond donors (Lipinski definition) is 2. The van der Waals surface area contributed by atoms with Crippen molar-refractivity contribution in [2.24, 2.45) is 0 Å². The van der Waals surface area contributed by atoms with Crippen molar-refractivity contribution in [1.29, 1.82) is 0 Å². The van der Waals surface area contributed by atoms with E-state index in [9.17, 15) is 8.42 Å². The quantitative estimate of drug-likeness (QED) is 0.838. The number of aromatic nitrogens is 1. The number of hydrogen-bond acceptors (Lipinski definition) is 5. The Bertz CT molecular complexity index is 623. The fourth-order valence-electron chi connectivity index (χ4n) is 1.50. The van der Waals surface area contributed by atoms with Gasteiger partial charge in [-0.1, -0.05) is 0 Å². The first-order valence-corrected chi connectivity index (χ1v) is 8.00. The number of aliphatic hydroxyl groups is 1. The fraction of sp³-hybridized carbons (Fsp3) is 0.250. The zero-order valence-electron chi connectivity index (χ0n) is 10.1. The third kappa shape index (κ3) is 3.84. The molecule has 0 amide bonds. The zero-order chi connectivity index (χ0) is 13.7. The van der Waals surface area contributed by atoms with Crippen molar-refractivity contribution in [3.05, 3.63) is 47.1 Å². The average molecular weight is 298 g/mol. The van der Waals surface area contributed by atoms with Crippen LogP contribution in [0.15, 0.2) is 40.9 Å². The minimum atomic E-state index is -3.49. The highest BCUT2D eigenvalue weighted by atomic mass is 32.2. The highest BCUT2D eigenvalue weighted by Gasteiger charge is 2.16.